The molecule has 1 aliphatic carbocycles. The first-order valence-corrected chi connectivity index (χ1v) is 9.01. The second-order valence-electron chi connectivity index (χ2n) is 6.66. The fraction of sp³-hybridized carbons (Fsp3) is 0.381. The molecule has 0 unspecified atom stereocenters. The highest BCUT2D eigenvalue weighted by Crippen LogP contribution is 2.51. The SMILES string of the molecule is CNCCCCC1(C(=O)NCC(F)F)c2ccccc2-c2ccccc21. The average Bonchev–Trinajstić information content (AvgIpc) is 2.95. The molecule has 26 heavy (non-hydrogen) atoms. The zero-order valence-electron chi connectivity index (χ0n) is 14.9. The summed E-state index contributed by atoms with van der Waals surface area (Å²) in [6.07, 6.45) is -0.221. The molecule has 0 atom stereocenters. The van der Waals surface area contributed by atoms with Crippen molar-refractivity contribution < 1.29 is 13.6 Å². The van der Waals surface area contributed by atoms with Crippen LogP contribution in [0.4, 0.5) is 8.78 Å². The van der Waals surface area contributed by atoms with Gasteiger partial charge in [-0.05, 0) is 48.7 Å². The Morgan fingerprint density at radius 1 is 1.00 bits per heavy atom. The maximum atomic E-state index is 13.2. The molecule has 0 heterocycles. The maximum absolute atomic E-state index is 13.2. The molecule has 0 aliphatic heterocycles. The first-order valence-electron chi connectivity index (χ1n) is 9.01. The van der Waals surface area contributed by atoms with Crippen molar-refractivity contribution in [1.82, 2.24) is 10.6 Å². The predicted molar refractivity (Wildman–Crippen MR) is 99.4 cm³/mol. The van der Waals surface area contributed by atoms with Crippen molar-refractivity contribution in [2.24, 2.45) is 0 Å². The minimum atomic E-state index is -2.56. The molecule has 0 saturated carbocycles. The smallest absolute Gasteiger partial charge is 0.255 e. The van der Waals surface area contributed by atoms with E-state index in [-0.39, 0.29) is 5.91 Å². The first-order chi connectivity index (χ1) is 12.6. The van der Waals surface area contributed by atoms with E-state index in [0.717, 1.165) is 41.6 Å². The van der Waals surface area contributed by atoms with E-state index < -0.39 is 18.4 Å². The van der Waals surface area contributed by atoms with Crippen LogP contribution >= 0.6 is 0 Å². The van der Waals surface area contributed by atoms with Crippen molar-refractivity contribution in [3.63, 3.8) is 0 Å². The van der Waals surface area contributed by atoms with E-state index >= 15 is 0 Å². The lowest BCUT2D eigenvalue weighted by Gasteiger charge is -2.31. The number of hydrogen-bond donors (Lipinski definition) is 2. The normalized spacial score (nSPS) is 14.2. The predicted octanol–water partition coefficient (Wildman–Crippen LogP) is 3.72. The molecule has 5 heteroatoms. The van der Waals surface area contributed by atoms with Gasteiger partial charge in [0, 0.05) is 0 Å². The molecule has 3 rings (SSSR count). The Hall–Kier alpha value is -2.27. The summed E-state index contributed by atoms with van der Waals surface area (Å²) in [5, 5.41) is 5.60. The lowest BCUT2D eigenvalue weighted by atomic mass is 9.73. The van der Waals surface area contributed by atoms with Gasteiger partial charge in [0.05, 0.1) is 6.54 Å². The molecule has 0 saturated heterocycles. The van der Waals surface area contributed by atoms with E-state index in [1.165, 1.54) is 0 Å². The zero-order chi connectivity index (χ0) is 18.6. The van der Waals surface area contributed by atoms with Gasteiger partial charge in [-0.15, -0.1) is 0 Å². The fourth-order valence-electron chi connectivity index (χ4n) is 3.97. The third-order valence-electron chi connectivity index (χ3n) is 5.10. The number of alkyl halides is 2. The average molecular weight is 358 g/mol. The van der Waals surface area contributed by atoms with Gasteiger partial charge in [0.15, 0.2) is 0 Å². The van der Waals surface area contributed by atoms with Crippen molar-refractivity contribution in [2.45, 2.75) is 31.1 Å². The molecule has 0 aromatic heterocycles. The molecule has 3 nitrogen and oxygen atoms in total. The van der Waals surface area contributed by atoms with Crippen LogP contribution in [0.2, 0.25) is 0 Å². The van der Waals surface area contributed by atoms with E-state index in [9.17, 15) is 13.6 Å². The van der Waals surface area contributed by atoms with Gasteiger partial charge in [0.2, 0.25) is 5.91 Å². The Bertz CT molecular complexity index is 731. The third kappa shape index (κ3) is 3.23. The van der Waals surface area contributed by atoms with Gasteiger partial charge in [-0.3, -0.25) is 4.79 Å². The van der Waals surface area contributed by atoms with Gasteiger partial charge in [-0.2, -0.15) is 0 Å². The molecule has 0 fully saturated rings. The van der Waals surface area contributed by atoms with Gasteiger partial charge in [-0.25, -0.2) is 8.78 Å². The second-order valence-corrected chi connectivity index (χ2v) is 6.66. The largest absolute Gasteiger partial charge is 0.349 e. The fourth-order valence-corrected chi connectivity index (χ4v) is 3.97. The van der Waals surface area contributed by atoms with E-state index in [4.69, 9.17) is 0 Å². The second kappa shape index (κ2) is 7.96. The number of amides is 1. The summed E-state index contributed by atoms with van der Waals surface area (Å²) >= 11 is 0. The number of rotatable bonds is 8. The number of benzene rings is 2. The van der Waals surface area contributed by atoms with Gasteiger partial charge >= 0.3 is 0 Å². The number of carbonyl (C=O) groups is 1. The Morgan fingerprint density at radius 3 is 2.12 bits per heavy atom. The summed E-state index contributed by atoms with van der Waals surface area (Å²) in [6.45, 7) is 0.236. The lowest BCUT2D eigenvalue weighted by molar-refractivity contribution is -0.126. The number of halogens is 2. The molecular weight excluding hydrogens is 334 g/mol. The van der Waals surface area contributed by atoms with Crippen LogP contribution in [0.5, 0.6) is 0 Å². The number of nitrogens with one attached hydrogen (secondary N) is 2. The van der Waals surface area contributed by atoms with Crippen LogP contribution in [-0.2, 0) is 10.2 Å². The Kier molecular flexibility index (Phi) is 5.67. The Balaban J connectivity index is 2.06. The topological polar surface area (TPSA) is 41.1 Å². The van der Waals surface area contributed by atoms with E-state index in [1.54, 1.807) is 0 Å². The standard InChI is InChI=1S/C21H24F2N2O/c1-24-13-7-6-12-21(20(26)25-14-19(22)23)17-10-4-2-8-15(17)16-9-3-5-11-18(16)21/h2-5,8-11,19,24H,6-7,12-14H2,1H3,(H,25,26). The van der Waals surface area contributed by atoms with E-state index in [1.807, 2.05) is 55.6 Å². The number of hydrogen-bond acceptors (Lipinski definition) is 2. The molecular formula is C21H24F2N2O. The van der Waals surface area contributed by atoms with Crippen LogP contribution in [-0.4, -0.2) is 32.5 Å². The summed E-state index contributed by atoms with van der Waals surface area (Å²) in [5.74, 6) is -0.334. The molecule has 2 aromatic carbocycles. The lowest BCUT2D eigenvalue weighted by Crippen LogP contribution is -2.45. The first kappa shape index (κ1) is 18.5. The minimum Gasteiger partial charge on any atom is -0.349 e. The van der Waals surface area contributed by atoms with Gasteiger partial charge in [0.25, 0.3) is 6.43 Å². The van der Waals surface area contributed by atoms with Crippen LogP contribution in [0.15, 0.2) is 48.5 Å². The summed E-state index contributed by atoms with van der Waals surface area (Å²) in [4.78, 5) is 13.2. The zero-order valence-corrected chi connectivity index (χ0v) is 14.9. The number of fused-ring (bicyclic) bond motifs is 3. The van der Waals surface area contributed by atoms with Crippen molar-refractivity contribution >= 4 is 5.91 Å². The third-order valence-corrected chi connectivity index (χ3v) is 5.10. The van der Waals surface area contributed by atoms with Gasteiger partial charge in [0.1, 0.15) is 5.41 Å². The molecule has 0 bridgehead atoms. The quantitative estimate of drug-likeness (QED) is 0.706. The molecule has 2 aromatic rings. The summed E-state index contributed by atoms with van der Waals surface area (Å²) in [7, 11) is 1.89. The number of carbonyl (C=O) groups excluding carboxylic acids is 1. The Labute approximate surface area is 152 Å². The van der Waals surface area contributed by atoms with Crippen LogP contribution < -0.4 is 10.6 Å². The molecule has 2 N–H and O–H groups in total. The van der Waals surface area contributed by atoms with Gasteiger partial charge in [-0.1, -0.05) is 55.0 Å². The summed E-state index contributed by atoms with van der Waals surface area (Å²) < 4.78 is 25.5. The van der Waals surface area contributed by atoms with Crippen LogP contribution in [0.25, 0.3) is 11.1 Å². The van der Waals surface area contributed by atoms with E-state index in [0.29, 0.717) is 6.42 Å². The van der Waals surface area contributed by atoms with Crippen molar-refractivity contribution in [3.8, 4) is 11.1 Å². The van der Waals surface area contributed by atoms with Crippen molar-refractivity contribution in [2.75, 3.05) is 20.1 Å². The number of unbranched alkanes of at least 4 members (excludes halogenated alkanes) is 1. The molecule has 0 radical (unpaired) electrons. The van der Waals surface area contributed by atoms with Crippen LogP contribution in [0.1, 0.15) is 30.4 Å². The molecule has 1 amide bonds. The molecule has 0 spiro atoms. The highest BCUT2D eigenvalue weighted by molar-refractivity contribution is 6.00. The van der Waals surface area contributed by atoms with Crippen molar-refractivity contribution in [1.29, 1.82) is 0 Å². The summed E-state index contributed by atoms with van der Waals surface area (Å²) in [6, 6.07) is 15.6. The van der Waals surface area contributed by atoms with Crippen molar-refractivity contribution in [3.05, 3.63) is 59.7 Å². The molecule has 1 aliphatic rings. The minimum absolute atomic E-state index is 0.334. The highest BCUT2D eigenvalue weighted by atomic mass is 19.3. The monoisotopic (exact) mass is 358 g/mol. The molecule has 138 valence electrons. The maximum Gasteiger partial charge on any atom is 0.255 e. The Morgan fingerprint density at radius 2 is 1.58 bits per heavy atom. The van der Waals surface area contributed by atoms with Crippen LogP contribution in [0, 0.1) is 0 Å². The summed E-state index contributed by atoms with van der Waals surface area (Å²) in [5.41, 5.74) is 2.96. The van der Waals surface area contributed by atoms with E-state index in [2.05, 4.69) is 10.6 Å². The highest BCUT2D eigenvalue weighted by Gasteiger charge is 2.48. The van der Waals surface area contributed by atoms with Crippen LogP contribution in [0.3, 0.4) is 0 Å². The van der Waals surface area contributed by atoms with Gasteiger partial charge < -0.3 is 10.6 Å².